The largest absolute Gasteiger partial charge is 0.396 e. The molecule has 0 spiro atoms. The molecule has 0 bridgehead atoms. The minimum atomic E-state index is -0.00366. The number of hydrogen-bond acceptors (Lipinski definition) is 3. The average molecular weight is 272 g/mol. The fraction of sp³-hybridized carbons (Fsp3) is 0.929. The van der Waals surface area contributed by atoms with Crippen LogP contribution in [0.15, 0.2) is 0 Å². The summed E-state index contributed by atoms with van der Waals surface area (Å²) in [5.74, 6) is 0.424. The van der Waals surface area contributed by atoms with Gasteiger partial charge in [0, 0.05) is 39.5 Å². The van der Waals surface area contributed by atoms with Crippen LogP contribution in [0, 0.1) is 5.92 Å². The number of aliphatic hydroxyl groups excluding tert-OH is 1. The zero-order valence-electron chi connectivity index (χ0n) is 12.4. The Morgan fingerprint density at radius 3 is 2.58 bits per heavy atom. The zero-order chi connectivity index (χ0) is 14.3. The number of hydrogen-bond donors (Lipinski definition) is 2. The number of rotatable bonds is 6. The summed E-state index contributed by atoms with van der Waals surface area (Å²) < 4.78 is 5.01. The third-order valence-corrected chi connectivity index (χ3v) is 4.07. The molecule has 1 rings (SSSR count). The summed E-state index contributed by atoms with van der Waals surface area (Å²) in [6, 6.07) is 0.428. The molecule has 0 saturated heterocycles. The Morgan fingerprint density at radius 2 is 2.05 bits per heavy atom. The minimum Gasteiger partial charge on any atom is -0.396 e. The van der Waals surface area contributed by atoms with Gasteiger partial charge in [-0.1, -0.05) is 0 Å². The van der Waals surface area contributed by atoms with Crippen LogP contribution < -0.4 is 5.32 Å². The van der Waals surface area contributed by atoms with E-state index >= 15 is 0 Å². The fourth-order valence-corrected chi connectivity index (χ4v) is 2.56. The minimum absolute atomic E-state index is 0.00366. The normalized spacial score (nSPS) is 24.8. The number of methoxy groups -OCH3 is 1. The van der Waals surface area contributed by atoms with E-state index < -0.39 is 0 Å². The van der Waals surface area contributed by atoms with Gasteiger partial charge >= 0.3 is 6.03 Å². The molecule has 2 N–H and O–H groups in total. The van der Waals surface area contributed by atoms with E-state index in [-0.39, 0.29) is 18.7 Å². The van der Waals surface area contributed by atoms with Gasteiger partial charge in [-0.05, 0) is 44.9 Å². The van der Waals surface area contributed by atoms with Gasteiger partial charge in [-0.25, -0.2) is 4.79 Å². The van der Waals surface area contributed by atoms with E-state index in [4.69, 9.17) is 9.84 Å². The third kappa shape index (κ3) is 5.37. The van der Waals surface area contributed by atoms with Crippen molar-refractivity contribution in [3.05, 3.63) is 0 Å². The van der Waals surface area contributed by atoms with Crippen LogP contribution in [0.2, 0.25) is 0 Å². The lowest BCUT2D eigenvalue weighted by Gasteiger charge is -2.34. The highest BCUT2D eigenvalue weighted by molar-refractivity contribution is 5.74. The molecule has 0 aliphatic heterocycles. The summed E-state index contributed by atoms with van der Waals surface area (Å²) in [5, 5.41) is 12.1. The molecular weight excluding hydrogens is 244 g/mol. The molecule has 0 radical (unpaired) electrons. The molecular formula is C14H28N2O3. The van der Waals surface area contributed by atoms with E-state index in [0.717, 1.165) is 32.1 Å². The van der Waals surface area contributed by atoms with E-state index in [2.05, 4.69) is 5.32 Å². The number of amides is 2. The number of carbonyl (C=O) groups excluding carboxylic acids is 1. The van der Waals surface area contributed by atoms with Gasteiger partial charge in [-0.2, -0.15) is 0 Å². The van der Waals surface area contributed by atoms with E-state index in [1.807, 2.05) is 18.9 Å². The van der Waals surface area contributed by atoms with Crippen molar-refractivity contribution in [2.45, 2.75) is 51.1 Å². The van der Waals surface area contributed by atoms with Crippen molar-refractivity contribution in [3.63, 3.8) is 0 Å². The maximum atomic E-state index is 12.1. The van der Waals surface area contributed by atoms with Crippen LogP contribution in [0.3, 0.4) is 0 Å². The molecule has 112 valence electrons. The zero-order valence-corrected chi connectivity index (χ0v) is 12.4. The van der Waals surface area contributed by atoms with Gasteiger partial charge < -0.3 is 20.1 Å². The van der Waals surface area contributed by atoms with Gasteiger partial charge in [0.15, 0.2) is 0 Å². The van der Waals surface area contributed by atoms with Crippen LogP contribution in [-0.4, -0.2) is 55.5 Å². The second-order valence-corrected chi connectivity index (χ2v) is 5.60. The van der Waals surface area contributed by atoms with Crippen molar-refractivity contribution in [3.8, 4) is 0 Å². The molecule has 0 aromatic heterocycles. The van der Waals surface area contributed by atoms with Crippen LogP contribution >= 0.6 is 0 Å². The maximum Gasteiger partial charge on any atom is 0.317 e. The average Bonchev–Trinajstić information content (AvgIpc) is 2.44. The molecule has 1 aliphatic carbocycles. The molecule has 2 amide bonds. The Hall–Kier alpha value is -0.810. The highest BCUT2D eigenvalue weighted by Gasteiger charge is 2.26. The Labute approximate surface area is 116 Å². The van der Waals surface area contributed by atoms with Gasteiger partial charge in [0.25, 0.3) is 0 Å². The van der Waals surface area contributed by atoms with E-state index in [1.165, 1.54) is 0 Å². The van der Waals surface area contributed by atoms with Crippen molar-refractivity contribution >= 4 is 6.03 Å². The second-order valence-electron chi connectivity index (χ2n) is 5.60. The maximum absolute atomic E-state index is 12.1. The number of ether oxygens (including phenoxy) is 1. The summed E-state index contributed by atoms with van der Waals surface area (Å²) in [6.45, 7) is 2.93. The first kappa shape index (κ1) is 16.2. The molecule has 0 aromatic carbocycles. The van der Waals surface area contributed by atoms with Crippen LogP contribution in [0.25, 0.3) is 0 Å². The van der Waals surface area contributed by atoms with Crippen LogP contribution in [0.5, 0.6) is 0 Å². The number of urea groups is 1. The topological polar surface area (TPSA) is 61.8 Å². The highest BCUT2D eigenvalue weighted by atomic mass is 16.5. The van der Waals surface area contributed by atoms with Crippen LogP contribution in [-0.2, 0) is 4.74 Å². The van der Waals surface area contributed by atoms with Crippen molar-refractivity contribution in [2.75, 3.05) is 27.4 Å². The van der Waals surface area contributed by atoms with Crippen LogP contribution in [0.1, 0.15) is 39.0 Å². The number of aliphatic hydroxyl groups is 1. The molecule has 1 aliphatic rings. The Morgan fingerprint density at radius 1 is 1.42 bits per heavy atom. The predicted octanol–water partition coefficient (Wildman–Crippen LogP) is 1.60. The first-order valence-electron chi connectivity index (χ1n) is 7.21. The van der Waals surface area contributed by atoms with Gasteiger partial charge in [0.2, 0.25) is 0 Å². The summed E-state index contributed by atoms with van der Waals surface area (Å²) in [5.41, 5.74) is 0. The van der Waals surface area contributed by atoms with Gasteiger partial charge in [-0.15, -0.1) is 0 Å². The van der Waals surface area contributed by atoms with Crippen molar-refractivity contribution in [1.82, 2.24) is 10.2 Å². The smallest absolute Gasteiger partial charge is 0.317 e. The quantitative estimate of drug-likeness (QED) is 0.772. The first-order chi connectivity index (χ1) is 9.08. The predicted molar refractivity (Wildman–Crippen MR) is 75.1 cm³/mol. The standard InChI is InChI=1S/C14H28N2O3/c1-11(8-9-19-3)15-14(18)16(2)13-6-4-12(10-17)5-7-13/h11-13,17H,4-10H2,1-3H3,(H,15,18). The third-order valence-electron chi connectivity index (χ3n) is 4.07. The SMILES string of the molecule is COCCC(C)NC(=O)N(C)C1CCC(CO)CC1. The number of nitrogens with zero attached hydrogens (tertiary/aromatic N) is 1. The molecule has 19 heavy (non-hydrogen) atoms. The Bertz CT molecular complexity index is 265. The molecule has 1 atom stereocenters. The van der Waals surface area contributed by atoms with Gasteiger partial charge in [0.05, 0.1) is 0 Å². The van der Waals surface area contributed by atoms with Crippen molar-refractivity contribution in [1.29, 1.82) is 0 Å². The van der Waals surface area contributed by atoms with Crippen LogP contribution in [0.4, 0.5) is 4.79 Å². The number of carbonyl (C=O) groups is 1. The number of nitrogens with one attached hydrogen (secondary N) is 1. The van der Waals surface area contributed by atoms with E-state index in [1.54, 1.807) is 7.11 Å². The van der Waals surface area contributed by atoms with E-state index in [9.17, 15) is 4.79 Å². The van der Waals surface area contributed by atoms with Gasteiger partial charge in [-0.3, -0.25) is 0 Å². The molecule has 0 heterocycles. The molecule has 0 aromatic rings. The summed E-state index contributed by atoms with van der Waals surface area (Å²) in [7, 11) is 3.53. The lowest BCUT2D eigenvalue weighted by molar-refractivity contribution is 0.131. The fourth-order valence-electron chi connectivity index (χ4n) is 2.56. The van der Waals surface area contributed by atoms with E-state index in [0.29, 0.717) is 18.6 Å². The Balaban J connectivity index is 2.32. The van der Waals surface area contributed by atoms with Crippen molar-refractivity contribution in [2.24, 2.45) is 5.92 Å². The van der Waals surface area contributed by atoms with Crippen molar-refractivity contribution < 1.29 is 14.6 Å². The summed E-state index contributed by atoms with van der Waals surface area (Å²) >= 11 is 0. The molecule has 5 heteroatoms. The lowest BCUT2D eigenvalue weighted by Crippen LogP contribution is -2.47. The molecule has 1 saturated carbocycles. The molecule has 1 fully saturated rings. The lowest BCUT2D eigenvalue weighted by atomic mass is 9.86. The summed E-state index contributed by atoms with van der Waals surface area (Å²) in [4.78, 5) is 13.9. The van der Waals surface area contributed by atoms with Gasteiger partial charge in [0.1, 0.15) is 0 Å². The Kier molecular flexibility index (Phi) is 7.16. The first-order valence-corrected chi connectivity index (χ1v) is 7.21. The molecule has 5 nitrogen and oxygen atoms in total. The molecule has 1 unspecified atom stereocenters. The summed E-state index contributed by atoms with van der Waals surface area (Å²) in [6.07, 6.45) is 4.83. The highest BCUT2D eigenvalue weighted by Crippen LogP contribution is 2.26. The second kappa shape index (κ2) is 8.38. The monoisotopic (exact) mass is 272 g/mol.